The second kappa shape index (κ2) is 17.7. The molecule has 6 heteroatoms. The van der Waals surface area contributed by atoms with Gasteiger partial charge in [-0.1, -0.05) is 103 Å². The summed E-state index contributed by atoms with van der Waals surface area (Å²) in [6.45, 7) is 3.66. The van der Waals surface area contributed by atoms with Gasteiger partial charge in [0.1, 0.15) is 23.4 Å². The first-order chi connectivity index (χ1) is 16.3. The van der Waals surface area contributed by atoms with Crippen LogP contribution in [-0.4, -0.2) is 41.6 Å². The van der Waals surface area contributed by atoms with E-state index in [0.29, 0.717) is 6.42 Å². The van der Waals surface area contributed by atoms with Gasteiger partial charge in [0.2, 0.25) is 0 Å². The number of ether oxygens (including phenoxy) is 2. The molecule has 1 N–H and O–H groups in total. The van der Waals surface area contributed by atoms with Gasteiger partial charge in [-0.3, -0.25) is 9.59 Å². The standard InChI is InChI=1S/C28H48O6/c1-4-5-6-7-8-9-10-11-12-13-14-15-16-17-21-28(32)22-20-24(26(28)27(31)33-3)34-25(30)19-18-23(2)29/h20,22,24,26,32H,4-19,21H2,1-3H3/t24-,26+,28+/m0/s1. The summed E-state index contributed by atoms with van der Waals surface area (Å²) in [6.07, 6.45) is 20.2. The zero-order chi connectivity index (χ0) is 25.2. The van der Waals surface area contributed by atoms with Crippen LogP contribution in [0.15, 0.2) is 12.2 Å². The lowest BCUT2D eigenvalue weighted by atomic mass is 9.84. The van der Waals surface area contributed by atoms with Crippen LogP contribution in [0.3, 0.4) is 0 Å². The van der Waals surface area contributed by atoms with Crippen LogP contribution in [0.1, 0.15) is 123 Å². The zero-order valence-corrected chi connectivity index (χ0v) is 21.8. The number of Topliss-reactive ketones (excluding diaryl/α,β-unsaturated/α-hetero) is 1. The third kappa shape index (κ3) is 12.1. The van der Waals surface area contributed by atoms with Gasteiger partial charge in [0.15, 0.2) is 0 Å². The number of carbonyl (C=O) groups excluding carboxylic acids is 3. The molecule has 34 heavy (non-hydrogen) atoms. The average Bonchev–Trinajstić information content (AvgIpc) is 3.13. The van der Waals surface area contributed by atoms with Crippen LogP contribution in [0.2, 0.25) is 0 Å². The average molecular weight is 481 g/mol. The molecule has 0 aromatic rings. The summed E-state index contributed by atoms with van der Waals surface area (Å²) >= 11 is 0. The van der Waals surface area contributed by atoms with E-state index in [1.54, 1.807) is 12.2 Å². The van der Waals surface area contributed by atoms with E-state index < -0.39 is 29.6 Å². The van der Waals surface area contributed by atoms with Crippen LogP contribution < -0.4 is 0 Å². The summed E-state index contributed by atoms with van der Waals surface area (Å²) in [5, 5.41) is 11.1. The number of carbonyl (C=O) groups is 3. The van der Waals surface area contributed by atoms with Crippen molar-refractivity contribution in [3.63, 3.8) is 0 Å². The highest BCUT2D eigenvalue weighted by molar-refractivity contribution is 5.82. The van der Waals surface area contributed by atoms with E-state index in [1.165, 1.54) is 84.7 Å². The summed E-state index contributed by atoms with van der Waals surface area (Å²) < 4.78 is 10.3. The molecule has 0 aromatic heterocycles. The molecule has 0 unspecified atom stereocenters. The number of ketones is 1. The molecule has 0 amide bonds. The largest absolute Gasteiger partial charge is 0.469 e. The van der Waals surface area contributed by atoms with Crippen molar-refractivity contribution in [1.82, 2.24) is 0 Å². The Hall–Kier alpha value is -1.69. The Morgan fingerprint density at radius 2 is 1.32 bits per heavy atom. The second-order valence-corrected chi connectivity index (χ2v) is 9.85. The zero-order valence-electron chi connectivity index (χ0n) is 21.8. The van der Waals surface area contributed by atoms with Crippen LogP contribution in [0, 0.1) is 5.92 Å². The van der Waals surface area contributed by atoms with Crippen molar-refractivity contribution in [2.75, 3.05) is 7.11 Å². The highest BCUT2D eigenvalue weighted by Crippen LogP contribution is 2.37. The quantitative estimate of drug-likeness (QED) is 0.126. The fourth-order valence-corrected chi connectivity index (χ4v) is 4.66. The first kappa shape index (κ1) is 30.3. The topological polar surface area (TPSA) is 89.9 Å². The minimum absolute atomic E-state index is 0.0368. The molecule has 0 aliphatic heterocycles. The Morgan fingerprint density at radius 3 is 1.79 bits per heavy atom. The summed E-state index contributed by atoms with van der Waals surface area (Å²) in [7, 11) is 1.27. The van der Waals surface area contributed by atoms with E-state index in [2.05, 4.69) is 6.92 Å². The predicted octanol–water partition coefficient (Wildman–Crippen LogP) is 6.23. The molecule has 0 spiro atoms. The van der Waals surface area contributed by atoms with Crippen molar-refractivity contribution >= 4 is 17.7 Å². The molecule has 0 heterocycles. The molecule has 0 bridgehead atoms. The summed E-state index contributed by atoms with van der Waals surface area (Å²) in [5.74, 6) is -2.22. The summed E-state index contributed by atoms with van der Waals surface area (Å²) in [5.41, 5.74) is -1.38. The van der Waals surface area contributed by atoms with E-state index in [0.717, 1.165) is 19.3 Å². The third-order valence-corrected chi connectivity index (χ3v) is 6.78. The molecular formula is C28H48O6. The molecule has 1 aliphatic carbocycles. The Morgan fingerprint density at radius 1 is 0.824 bits per heavy atom. The lowest BCUT2D eigenvalue weighted by Gasteiger charge is -2.30. The van der Waals surface area contributed by atoms with E-state index in [-0.39, 0.29) is 18.6 Å². The highest BCUT2D eigenvalue weighted by atomic mass is 16.6. The van der Waals surface area contributed by atoms with Gasteiger partial charge in [-0.05, 0) is 19.4 Å². The number of unbranched alkanes of at least 4 members (excludes halogenated alkanes) is 13. The minimum atomic E-state index is -1.38. The number of methoxy groups -OCH3 is 1. The Balaban J connectivity index is 2.24. The molecule has 0 saturated carbocycles. The minimum Gasteiger partial charge on any atom is -0.469 e. The summed E-state index contributed by atoms with van der Waals surface area (Å²) in [4.78, 5) is 35.5. The molecule has 3 atom stereocenters. The molecule has 1 rings (SSSR count). The van der Waals surface area contributed by atoms with Gasteiger partial charge in [-0.25, -0.2) is 0 Å². The van der Waals surface area contributed by atoms with E-state index in [9.17, 15) is 19.5 Å². The van der Waals surface area contributed by atoms with Crippen molar-refractivity contribution in [2.45, 2.75) is 135 Å². The van der Waals surface area contributed by atoms with E-state index >= 15 is 0 Å². The Labute approximate surface area is 206 Å². The van der Waals surface area contributed by atoms with Crippen LogP contribution in [-0.2, 0) is 23.9 Å². The summed E-state index contributed by atoms with van der Waals surface area (Å²) in [6, 6.07) is 0. The third-order valence-electron chi connectivity index (χ3n) is 6.78. The monoisotopic (exact) mass is 480 g/mol. The van der Waals surface area contributed by atoms with Crippen molar-refractivity contribution < 1.29 is 29.0 Å². The number of aliphatic hydroxyl groups is 1. The van der Waals surface area contributed by atoms with E-state index in [4.69, 9.17) is 9.47 Å². The van der Waals surface area contributed by atoms with Gasteiger partial charge in [0, 0.05) is 6.42 Å². The number of hydrogen-bond donors (Lipinski definition) is 1. The van der Waals surface area contributed by atoms with Gasteiger partial charge >= 0.3 is 11.9 Å². The first-order valence-electron chi connectivity index (χ1n) is 13.5. The number of hydrogen-bond acceptors (Lipinski definition) is 6. The Bertz CT molecular complexity index is 628. The fourth-order valence-electron chi connectivity index (χ4n) is 4.66. The normalized spacial score (nSPS) is 21.5. The van der Waals surface area contributed by atoms with Crippen molar-refractivity contribution in [1.29, 1.82) is 0 Å². The van der Waals surface area contributed by atoms with Gasteiger partial charge in [-0.15, -0.1) is 0 Å². The molecule has 1 aliphatic rings. The number of esters is 2. The van der Waals surface area contributed by atoms with E-state index in [1.807, 2.05) is 0 Å². The lowest BCUT2D eigenvalue weighted by Crippen LogP contribution is -2.44. The molecule has 6 nitrogen and oxygen atoms in total. The fraction of sp³-hybridized carbons (Fsp3) is 0.821. The van der Waals surface area contributed by atoms with Gasteiger partial charge in [-0.2, -0.15) is 0 Å². The molecular weight excluding hydrogens is 432 g/mol. The lowest BCUT2D eigenvalue weighted by molar-refractivity contribution is -0.165. The van der Waals surface area contributed by atoms with Gasteiger partial charge in [0.25, 0.3) is 0 Å². The maximum atomic E-state index is 12.4. The highest BCUT2D eigenvalue weighted by Gasteiger charge is 2.50. The number of rotatable bonds is 20. The van der Waals surface area contributed by atoms with Crippen molar-refractivity contribution in [3.05, 3.63) is 12.2 Å². The first-order valence-corrected chi connectivity index (χ1v) is 13.5. The van der Waals surface area contributed by atoms with Gasteiger partial charge < -0.3 is 19.4 Å². The van der Waals surface area contributed by atoms with Crippen molar-refractivity contribution in [2.24, 2.45) is 5.92 Å². The van der Waals surface area contributed by atoms with Crippen LogP contribution >= 0.6 is 0 Å². The van der Waals surface area contributed by atoms with Crippen LogP contribution in [0.4, 0.5) is 0 Å². The maximum Gasteiger partial charge on any atom is 0.316 e. The van der Waals surface area contributed by atoms with Crippen LogP contribution in [0.25, 0.3) is 0 Å². The van der Waals surface area contributed by atoms with Crippen molar-refractivity contribution in [3.8, 4) is 0 Å². The maximum absolute atomic E-state index is 12.4. The predicted molar refractivity (Wildman–Crippen MR) is 134 cm³/mol. The second-order valence-electron chi connectivity index (χ2n) is 9.85. The SMILES string of the molecule is CCCCCCCCCCCCCCCC[C@@]1(O)C=C[C@H](OC(=O)CCC(C)=O)[C@@H]1C(=O)OC. The molecule has 0 radical (unpaired) electrons. The smallest absolute Gasteiger partial charge is 0.316 e. The molecule has 196 valence electrons. The Kier molecular flexibility index (Phi) is 15.8. The van der Waals surface area contributed by atoms with Gasteiger partial charge in [0.05, 0.1) is 13.5 Å². The molecule has 0 fully saturated rings. The molecule has 0 aromatic carbocycles. The molecule has 0 saturated heterocycles. The van der Waals surface area contributed by atoms with Crippen LogP contribution in [0.5, 0.6) is 0 Å².